The molecule has 21 heavy (non-hydrogen) atoms. The molecule has 2 heterocycles. The van der Waals surface area contributed by atoms with Gasteiger partial charge in [0.2, 0.25) is 5.28 Å². The van der Waals surface area contributed by atoms with Crippen molar-refractivity contribution >= 4 is 45.0 Å². The van der Waals surface area contributed by atoms with Gasteiger partial charge in [-0.15, -0.1) is 0 Å². The number of nitrogens with zero attached hydrogens (tertiary/aromatic N) is 3. The summed E-state index contributed by atoms with van der Waals surface area (Å²) in [6.07, 6.45) is 0. The first-order valence-corrected chi connectivity index (χ1v) is 7.18. The molecule has 0 spiro atoms. The standard InChI is InChI=1S/C16H9Cl2N3/c17-14-9-15(20-16(18)19-14)21-12-7-3-1-5-10(12)11-6-2-4-8-13(11)21/h1-9H. The van der Waals surface area contributed by atoms with Crippen LogP contribution in [0.25, 0.3) is 27.6 Å². The highest BCUT2D eigenvalue weighted by Crippen LogP contribution is 2.31. The summed E-state index contributed by atoms with van der Waals surface area (Å²) in [5.74, 6) is 0.664. The molecular weight excluding hydrogens is 305 g/mol. The van der Waals surface area contributed by atoms with E-state index < -0.39 is 0 Å². The van der Waals surface area contributed by atoms with Gasteiger partial charge in [0.05, 0.1) is 11.0 Å². The van der Waals surface area contributed by atoms with Crippen LogP contribution < -0.4 is 0 Å². The number of halogens is 2. The fourth-order valence-electron chi connectivity index (χ4n) is 2.66. The SMILES string of the molecule is Clc1cc(-n2c3ccccc3c3ccccc32)nc(Cl)n1. The second kappa shape index (κ2) is 4.72. The summed E-state index contributed by atoms with van der Waals surface area (Å²) in [7, 11) is 0. The number of para-hydroxylation sites is 2. The topological polar surface area (TPSA) is 30.7 Å². The average molecular weight is 314 g/mol. The number of hydrogen-bond acceptors (Lipinski definition) is 2. The molecule has 0 saturated heterocycles. The monoisotopic (exact) mass is 313 g/mol. The molecule has 0 bridgehead atoms. The van der Waals surface area contributed by atoms with Crippen molar-refractivity contribution in [3.8, 4) is 5.82 Å². The summed E-state index contributed by atoms with van der Waals surface area (Å²) in [4.78, 5) is 8.22. The largest absolute Gasteiger partial charge is 0.294 e. The first-order chi connectivity index (χ1) is 10.2. The molecule has 0 amide bonds. The highest BCUT2D eigenvalue weighted by atomic mass is 35.5. The van der Waals surface area contributed by atoms with Crippen molar-refractivity contribution in [3.63, 3.8) is 0 Å². The number of benzene rings is 2. The molecule has 102 valence electrons. The maximum Gasteiger partial charge on any atom is 0.225 e. The van der Waals surface area contributed by atoms with E-state index in [1.807, 2.05) is 28.8 Å². The van der Waals surface area contributed by atoms with E-state index in [2.05, 4.69) is 34.2 Å². The quantitative estimate of drug-likeness (QED) is 0.370. The van der Waals surface area contributed by atoms with Gasteiger partial charge in [-0.3, -0.25) is 4.57 Å². The molecule has 0 radical (unpaired) electrons. The first-order valence-electron chi connectivity index (χ1n) is 6.43. The average Bonchev–Trinajstić information content (AvgIpc) is 2.81. The summed E-state index contributed by atoms with van der Waals surface area (Å²) in [5.41, 5.74) is 2.12. The van der Waals surface area contributed by atoms with Crippen molar-refractivity contribution in [2.24, 2.45) is 0 Å². The van der Waals surface area contributed by atoms with Gasteiger partial charge in [0.15, 0.2) is 0 Å². The van der Waals surface area contributed by atoms with E-state index in [1.54, 1.807) is 6.07 Å². The van der Waals surface area contributed by atoms with Crippen molar-refractivity contribution < 1.29 is 0 Å². The third-order valence-electron chi connectivity index (χ3n) is 3.46. The van der Waals surface area contributed by atoms with Crippen molar-refractivity contribution in [2.45, 2.75) is 0 Å². The number of fused-ring (bicyclic) bond motifs is 3. The van der Waals surface area contributed by atoms with Gasteiger partial charge in [-0.1, -0.05) is 48.0 Å². The molecule has 5 heteroatoms. The Labute approximate surface area is 130 Å². The molecular formula is C16H9Cl2N3. The molecule has 0 N–H and O–H groups in total. The second-order valence-corrected chi connectivity index (χ2v) is 5.41. The summed E-state index contributed by atoms with van der Waals surface area (Å²) in [5, 5.41) is 2.80. The Balaban J connectivity index is 2.20. The van der Waals surface area contributed by atoms with Gasteiger partial charge in [0, 0.05) is 16.8 Å². The summed E-state index contributed by atoms with van der Waals surface area (Å²) in [6.45, 7) is 0. The highest BCUT2D eigenvalue weighted by molar-refractivity contribution is 6.32. The van der Waals surface area contributed by atoms with Crippen LogP contribution in [0.3, 0.4) is 0 Å². The number of rotatable bonds is 1. The highest BCUT2D eigenvalue weighted by Gasteiger charge is 2.13. The zero-order valence-electron chi connectivity index (χ0n) is 10.8. The van der Waals surface area contributed by atoms with E-state index in [1.165, 1.54) is 10.8 Å². The first kappa shape index (κ1) is 12.6. The van der Waals surface area contributed by atoms with Crippen molar-refractivity contribution in [1.29, 1.82) is 0 Å². The molecule has 0 fully saturated rings. The Hall–Kier alpha value is -2.10. The molecule has 3 nitrogen and oxygen atoms in total. The van der Waals surface area contributed by atoms with Crippen molar-refractivity contribution in [2.75, 3.05) is 0 Å². The van der Waals surface area contributed by atoms with Crippen LogP contribution in [0, 0.1) is 0 Å². The van der Waals surface area contributed by atoms with E-state index in [0.29, 0.717) is 11.0 Å². The summed E-state index contributed by atoms with van der Waals surface area (Å²) < 4.78 is 2.05. The Morgan fingerprint density at radius 2 is 1.33 bits per heavy atom. The predicted octanol–water partition coefficient (Wildman–Crippen LogP) is 4.88. The van der Waals surface area contributed by atoms with Crippen LogP contribution in [0.2, 0.25) is 10.4 Å². The van der Waals surface area contributed by atoms with Gasteiger partial charge in [0.25, 0.3) is 0 Å². The molecule has 0 unspecified atom stereocenters. The van der Waals surface area contributed by atoms with Crippen LogP contribution in [-0.2, 0) is 0 Å². The molecule has 4 aromatic rings. The Bertz CT molecular complexity index is 902. The summed E-state index contributed by atoms with van der Waals surface area (Å²) in [6, 6.07) is 18.1. The normalized spacial score (nSPS) is 11.3. The van der Waals surface area contributed by atoms with Crippen molar-refractivity contribution in [1.82, 2.24) is 14.5 Å². The molecule has 4 rings (SSSR count). The summed E-state index contributed by atoms with van der Waals surface area (Å²) >= 11 is 12.0. The second-order valence-electron chi connectivity index (χ2n) is 4.69. The smallest absolute Gasteiger partial charge is 0.225 e. The lowest BCUT2D eigenvalue weighted by atomic mass is 10.2. The molecule has 2 aromatic carbocycles. The lowest BCUT2D eigenvalue weighted by molar-refractivity contribution is 1.04. The molecule has 0 aliphatic heterocycles. The number of aromatic nitrogens is 3. The van der Waals surface area contributed by atoms with E-state index in [9.17, 15) is 0 Å². The van der Waals surface area contributed by atoms with Crippen LogP contribution in [0.1, 0.15) is 0 Å². The zero-order valence-corrected chi connectivity index (χ0v) is 12.3. The van der Waals surface area contributed by atoms with Crippen LogP contribution in [0.5, 0.6) is 0 Å². The molecule has 0 saturated carbocycles. The number of hydrogen-bond donors (Lipinski definition) is 0. The van der Waals surface area contributed by atoms with Gasteiger partial charge >= 0.3 is 0 Å². The molecule has 0 aliphatic rings. The fourth-order valence-corrected chi connectivity index (χ4v) is 3.06. The van der Waals surface area contributed by atoms with Crippen LogP contribution in [0.15, 0.2) is 54.6 Å². The third kappa shape index (κ3) is 1.97. The minimum Gasteiger partial charge on any atom is -0.294 e. The maximum atomic E-state index is 6.02. The maximum absolute atomic E-state index is 6.02. The van der Waals surface area contributed by atoms with Crippen LogP contribution in [0.4, 0.5) is 0 Å². The van der Waals surface area contributed by atoms with E-state index in [0.717, 1.165) is 11.0 Å². The Morgan fingerprint density at radius 1 is 0.762 bits per heavy atom. The minimum absolute atomic E-state index is 0.138. The molecule has 0 atom stereocenters. The van der Waals surface area contributed by atoms with Gasteiger partial charge in [0.1, 0.15) is 11.0 Å². The van der Waals surface area contributed by atoms with E-state index in [4.69, 9.17) is 23.2 Å². The van der Waals surface area contributed by atoms with Crippen LogP contribution >= 0.6 is 23.2 Å². The minimum atomic E-state index is 0.138. The lowest BCUT2D eigenvalue weighted by Crippen LogP contribution is -1.98. The van der Waals surface area contributed by atoms with Crippen molar-refractivity contribution in [3.05, 3.63) is 65.0 Å². The lowest BCUT2D eigenvalue weighted by Gasteiger charge is -2.07. The van der Waals surface area contributed by atoms with Gasteiger partial charge in [-0.2, -0.15) is 4.98 Å². The Kier molecular flexibility index (Phi) is 2.84. The third-order valence-corrected chi connectivity index (χ3v) is 3.83. The zero-order chi connectivity index (χ0) is 14.4. The molecule has 0 aliphatic carbocycles. The predicted molar refractivity (Wildman–Crippen MR) is 86.4 cm³/mol. The fraction of sp³-hybridized carbons (Fsp3) is 0. The van der Waals surface area contributed by atoms with Gasteiger partial charge < -0.3 is 0 Å². The van der Waals surface area contributed by atoms with Gasteiger partial charge in [-0.25, -0.2) is 4.98 Å². The van der Waals surface area contributed by atoms with E-state index in [-0.39, 0.29) is 5.28 Å². The van der Waals surface area contributed by atoms with Crippen LogP contribution in [-0.4, -0.2) is 14.5 Å². The Morgan fingerprint density at radius 3 is 1.90 bits per heavy atom. The molecule has 2 aromatic heterocycles. The van der Waals surface area contributed by atoms with E-state index >= 15 is 0 Å². The van der Waals surface area contributed by atoms with Gasteiger partial charge in [-0.05, 0) is 23.7 Å².